The average Bonchev–Trinajstić information content (AvgIpc) is 3.25. The van der Waals surface area contributed by atoms with Crippen LogP contribution in [0.1, 0.15) is 5.56 Å². The molecular formula is C23H18ClN3O3. The number of ether oxygens (including phenoxy) is 1. The normalized spacial score (nSPS) is 10.6. The second kappa shape index (κ2) is 8.80. The minimum absolute atomic E-state index is 0.136. The summed E-state index contributed by atoms with van der Waals surface area (Å²) >= 11 is 6.03. The summed E-state index contributed by atoms with van der Waals surface area (Å²) in [6, 6.07) is 22.0. The number of amides is 1. The van der Waals surface area contributed by atoms with Gasteiger partial charge in [-0.05, 0) is 43.3 Å². The van der Waals surface area contributed by atoms with Crippen LogP contribution in [0.2, 0.25) is 5.02 Å². The molecule has 1 N–H and O–H groups in total. The fraction of sp³-hybridized carbons (Fsp3) is 0.0870. The van der Waals surface area contributed by atoms with Gasteiger partial charge in [0.05, 0.1) is 10.7 Å². The van der Waals surface area contributed by atoms with Gasteiger partial charge in [-0.25, -0.2) is 0 Å². The first-order valence-corrected chi connectivity index (χ1v) is 9.65. The maximum absolute atomic E-state index is 12.1. The number of anilines is 1. The smallest absolute Gasteiger partial charge is 0.262 e. The molecule has 0 unspecified atom stereocenters. The van der Waals surface area contributed by atoms with Gasteiger partial charge in [0, 0.05) is 11.1 Å². The predicted molar refractivity (Wildman–Crippen MR) is 115 cm³/mol. The minimum atomic E-state index is -0.299. The van der Waals surface area contributed by atoms with Crippen molar-refractivity contribution >= 4 is 23.2 Å². The number of aromatic nitrogens is 2. The zero-order valence-corrected chi connectivity index (χ0v) is 16.9. The zero-order valence-electron chi connectivity index (χ0n) is 16.1. The van der Waals surface area contributed by atoms with Crippen LogP contribution in [-0.4, -0.2) is 22.7 Å². The average molecular weight is 420 g/mol. The van der Waals surface area contributed by atoms with E-state index in [0.717, 1.165) is 11.1 Å². The molecule has 150 valence electrons. The highest BCUT2D eigenvalue weighted by Crippen LogP contribution is 2.24. The Hall–Kier alpha value is -3.64. The fourth-order valence-electron chi connectivity index (χ4n) is 2.75. The monoisotopic (exact) mass is 419 g/mol. The molecule has 1 amide bonds. The van der Waals surface area contributed by atoms with Gasteiger partial charge < -0.3 is 14.6 Å². The van der Waals surface area contributed by atoms with Gasteiger partial charge in [0.1, 0.15) is 5.75 Å². The van der Waals surface area contributed by atoms with E-state index >= 15 is 0 Å². The molecule has 4 rings (SSSR count). The summed E-state index contributed by atoms with van der Waals surface area (Å²) in [5.74, 6) is 1.19. The molecule has 0 atom stereocenters. The van der Waals surface area contributed by atoms with E-state index < -0.39 is 0 Å². The number of para-hydroxylation sites is 1. The Morgan fingerprint density at radius 2 is 1.70 bits per heavy atom. The summed E-state index contributed by atoms with van der Waals surface area (Å²) in [7, 11) is 0. The van der Waals surface area contributed by atoms with Crippen LogP contribution in [0.15, 0.2) is 77.3 Å². The fourth-order valence-corrected chi connectivity index (χ4v) is 2.94. The van der Waals surface area contributed by atoms with Gasteiger partial charge in [-0.1, -0.05) is 58.7 Å². The van der Waals surface area contributed by atoms with Crippen molar-refractivity contribution < 1.29 is 14.1 Å². The summed E-state index contributed by atoms with van der Waals surface area (Å²) in [6.45, 7) is 1.89. The number of nitrogens with zero attached hydrogens (tertiary/aromatic N) is 2. The lowest BCUT2D eigenvalue weighted by molar-refractivity contribution is -0.118. The third-order valence-corrected chi connectivity index (χ3v) is 4.68. The van der Waals surface area contributed by atoms with E-state index in [0.29, 0.717) is 28.2 Å². The number of benzene rings is 3. The number of aryl methyl sites for hydroxylation is 1. The lowest BCUT2D eigenvalue weighted by Crippen LogP contribution is -2.20. The number of rotatable bonds is 6. The largest absolute Gasteiger partial charge is 0.484 e. The first-order valence-electron chi connectivity index (χ1n) is 9.27. The molecule has 0 saturated heterocycles. The molecule has 30 heavy (non-hydrogen) atoms. The Bertz CT molecular complexity index is 1160. The number of carbonyl (C=O) groups is 1. The van der Waals surface area contributed by atoms with Crippen LogP contribution in [0.3, 0.4) is 0 Å². The Morgan fingerprint density at radius 3 is 2.43 bits per heavy atom. The van der Waals surface area contributed by atoms with Gasteiger partial charge in [-0.2, -0.15) is 4.98 Å². The molecule has 0 aliphatic carbocycles. The van der Waals surface area contributed by atoms with Crippen molar-refractivity contribution in [2.75, 3.05) is 11.9 Å². The van der Waals surface area contributed by atoms with Gasteiger partial charge in [-0.3, -0.25) is 4.79 Å². The second-order valence-electron chi connectivity index (χ2n) is 6.63. The van der Waals surface area contributed by atoms with Gasteiger partial charge in [-0.15, -0.1) is 0 Å². The molecule has 1 aromatic heterocycles. The maximum Gasteiger partial charge on any atom is 0.262 e. The van der Waals surface area contributed by atoms with Crippen LogP contribution < -0.4 is 10.1 Å². The zero-order chi connectivity index (χ0) is 20.9. The van der Waals surface area contributed by atoms with E-state index in [1.807, 2.05) is 31.2 Å². The lowest BCUT2D eigenvalue weighted by Gasteiger charge is -2.08. The first-order chi connectivity index (χ1) is 14.6. The standard InChI is InChI=1S/C23H18ClN3O3/c1-15-6-8-16(9-7-15)22-26-23(30-27-22)17-10-12-18(13-11-17)29-14-21(28)25-20-5-3-2-4-19(20)24/h2-13H,14H2,1H3,(H,25,28). The van der Waals surface area contributed by atoms with E-state index in [4.69, 9.17) is 20.9 Å². The number of carbonyl (C=O) groups excluding carboxylic acids is 1. The summed E-state index contributed by atoms with van der Waals surface area (Å²) in [5, 5.41) is 7.22. The second-order valence-corrected chi connectivity index (χ2v) is 7.04. The molecule has 0 spiro atoms. The summed E-state index contributed by atoms with van der Waals surface area (Å²) in [4.78, 5) is 16.5. The van der Waals surface area contributed by atoms with E-state index in [1.165, 1.54) is 5.56 Å². The topological polar surface area (TPSA) is 77.2 Å². The molecule has 0 saturated carbocycles. The van der Waals surface area contributed by atoms with E-state index in [1.54, 1.807) is 48.5 Å². The van der Waals surface area contributed by atoms with Gasteiger partial charge in [0.25, 0.3) is 11.8 Å². The molecule has 0 radical (unpaired) electrons. The Kier molecular flexibility index (Phi) is 5.77. The number of hydrogen-bond donors (Lipinski definition) is 1. The number of hydrogen-bond acceptors (Lipinski definition) is 5. The Labute approximate surface area is 178 Å². The molecule has 3 aromatic carbocycles. The van der Waals surface area contributed by atoms with E-state index in [2.05, 4.69) is 15.5 Å². The molecular weight excluding hydrogens is 402 g/mol. The summed E-state index contributed by atoms with van der Waals surface area (Å²) in [5.41, 5.74) is 3.36. The van der Waals surface area contributed by atoms with Crippen molar-refractivity contribution in [1.29, 1.82) is 0 Å². The molecule has 6 nitrogen and oxygen atoms in total. The van der Waals surface area contributed by atoms with Crippen molar-refractivity contribution in [2.24, 2.45) is 0 Å². The van der Waals surface area contributed by atoms with Crippen molar-refractivity contribution in [1.82, 2.24) is 10.1 Å². The van der Waals surface area contributed by atoms with Crippen molar-refractivity contribution in [2.45, 2.75) is 6.92 Å². The van der Waals surface area contributed by atoms with Crippen LogP contribution in [-0.2, 0) is 4.79 Å². The Balaban J connectivity index is 1.37. The molecule has 7 heteroatoms. The summed E-state index contributed by atoms with van der Waals surface area (Å²) < 4.78 is 10.9. The first kappa shape index (κ1) is 19.7. The highest BCUT2D eigenvalue weighted by molar-refractivity contribution is 6.33. The molecule has 4 aromatic rings. The van der Waals surface area contributed by atoms with Crippen LogP contribution >= 0.6 is 11.6 Å². The van der Waals surface area contributed by atoms with Crippen molar-refractivity contribution in [3.8, 4) is 28.6 Å². The highest BCUT2D eigenvalue weighted by Gasteiger charge is 2.11. The van der Waals surface area contributed by atoms with Gasteiger partial charge in [0.15, 0.2) is 6.61 Å². The third-order valence-electron chi connectivity index (χ3n) is 4.35. The van der Waals surface area contributed by atoms with Gasteiger partial charge in [0.2, 0.25) is 5.82 Å². The minimum Gasteiger partial charge on any atom is -0.484 e. The van der Waals surface area contributed by atoms with Crippen LogP contribution in [0.5, 0.6) is 5.75 Å². The number of halogens is 1. The SMILES string of the molecule is Cc1ccc(-c2noc(-c3ccc(OCC(=O)Nc4ccccc4Cl)cc3)n2)cc1. The van der Waals surface area contributed by atoms with Crippen LogP contribution in [0, 0.1) is 6.92 Å². The Morgan fingerprint density at radius 1 is 1.00 bits per heavy atom. The molecule has 1 heterocycles. The predicted octanol–water partition coefficient (Wildman–Crippen LogP) is 5.38. The van der Waals surface area contributed by atoms with Crippen molar-refractivity contribution in [3.63, 3.8) is 0 Å². The number of nitrogens with one attached hydrogen (secondary N) is 1. The van der Waals surface area contributed by atoms with Gasteiger partial charge >= 0.3 is 0 Å². The third kappa shape index (κ3) is 4.67. The van der Waals surface area contributed by atoms with E-state index in [-0.39, 0.29) is 12.5 Å². The quantitative estimate of drug-likeness (QED) is 0.453. The maximum atomic E-state index is 12.1. The molecule has 0 bridgehead atoms. The molecule has 0 aliphatic heterocycles. The van der Waals surface area contributed by atoms with Crippen LogP contribution in [0.25, 0.3) is 22.8 Å². The molecule has 0 fully saturated rings. The molecule has 0 aliphatic rings. The summed E-state index contributed by atoms with van der Waals surface area (Å²) in [6.07, 6.45) is 0. The highest BCUT2D eigenvalue weighted by atomic mass is 35.5. The van der Waals surface area contributed by atoms with Crippen molar-refractivity contribution in [3.05, 3.63) is 83.4 Å². The van der Waals surface area contributed by atoms with Crippen LogP contribution in [0.4, 0.5) is 5.69 Å². The lowest BCUT2D eigenvalue weighted by atomic mass is 10.1. The van der Waals surface area contributed by atoms with E-state index in [9.17, 15) is 4.79 Å².